The molecule has 0 aromatic carbocycles. The number of nitrogens with two attached hydrogens (primary N) is 2. The van der Waals surface area contributed by atoms with E-state index in [-0.39, 0.29) is 19.4 Å². The van der Waals surface area contributed by atoms with Gasteiger partial charge in [0.15, 0.2) is 0 Å². The van der Waals surface area contributed by atoms with E-state index in [1.165, 1.54) is 11.8 Å². The summed E-state index contributed by atoms with van der Waals surface area (Å²) in [5, 5.41) is 22.8. The highest BCUT2D eigenvalue weighted by Crippen LogP contribution is 2.19. The lowest BCUT2D eigenvalue weighted by Crippen LogP contribution is -2.58. The van der Waals surface area contributed by atoms with E-state index in [1.807, 2.05) is 0 Å². The predicted octanol–water partition coefficient (Wildman–Crippen LogP) is -3.36. The molecule has 0 aromatic heterocycles. The van der Waals surface area contributed by atoms with E-state index < -0.39 is 60.4 Å². The van der Waals surface area contributed by atoms with Gasteiger partial charge in [0.2, 0.25) is 23.6 Å². The number of nitrogens with one attached hydrogen (secondary N) is 2. The second-order valence-electron chi connectivity index (χ2n) is 6.64. The van der Waals surface area contributed by atoms with Gasteiger partial charge in [-0.25, -0.2) is 0 Å². The fourth-order valence-electron chi connectivity index (χ4n) is 2.86. The van der Waals surface area contributed by atoms with Crippen molar-refractivity contribution in [3.8, 4) is 0 Å². The van der Waals surface area contributed by atoms with E-state index in [0.717, 1.165) is 0 Å². The number of likely N-dealkylation sites (tertiary alicyclic amines) is 1. The molecule has 4 unspecified atom stereocenters. The van der Waals surface area contributed by atoms with Gasteiger partial charge >= 0.3 is 5.97 Å². The van der Waals surface area contributed by atoms with Crippen molar-refractivity contribution in [3.05, 3.63) is 0 Å². The predicted molar refractivity (Wildman–Crippen MR) is 95.4 cm³/mol. The zero-order chi connectivity index (χ0) is 21.4. The maximum atomic E-state index is 12.6. The van der Waals surface area contributed by atoms with E-state index in [0.29, 0.717) is 12.8 Å². The summed E-state index contributed by atoms with van der Waals surface area (Å²) in [6.45, 7) is 0.884. The maximum Gasteiger partial charge on any atom is 0.322 e. The first-order chi connectivity index (χ1) is 13.0. The second-order valence-corrected chi connectivity index (χ2v) is 6.64. The Morgan fingerprint density at radius 3 is 2.43 bits per heavy atom. The van der Waals surface area contributed by atoms with Crippen LogP contribution in [0.4, 0.5) is 0 Å². The fourth-order valence-corrected chi connectivity index (χ4v) is 2.86. The van der Waals surface area contributed by atoms with Crippen molar-refractivity contribution < 1.29 is 34.2 Å². The number of aliphatic hydroxyl groups excluding tert-OH is 1. The Hall–Kier alpha value is -2.73. The number of carboxylic acids is 1. The summed E-state index contributed by atoms with van der Waals surface area (Å²) in [6, 6.07) is -3.26. The molecule has 1 rings (SSSR count). The minimum absolute atomic E-state index is 0.0485. The third-order valence-corrected chi connectivity index (χ3v) is 4.33. The Morgan fingerprint density at radius 2 is 1.89 bits per heavy atom. The first-order valence-electron chi connectivity index (χ1n) is 8.87. The highest BCUT2D eigenvalue weighted by molar-refractivity contribution is 5.94. The molecule has 4 atom stereocenters. The topological polar surface area (TPSA) is 205 Å². The first kappa shape index (κ1) is 23.3. The highest BCUT2D eigenvalue weighted by Gasteiger charge is 2.38. The van der Waals surface area contributed by atoms with E-state index in [1.54, 1.807) is 0 Å². The van der Waals surface area contributed by atoms with Crippen LogP contribution in [-0.2, 0) is 24.0 Å². The van der Waals surface area contributed by atoms with Crippen LogP contribution in [0, 0.1) is 0 Å². The van der Waals surface area contributed by atoms with Gasteiger partial charge < -0.3 is 37.2 Å². The summed E-state index contributed by atoms with van der Waals surface area (Å²) in [5.74, 6) is -3.90. The normalized spacial score (nSPS) is 19.4. The molecule has 0 aromatic rings. The van der Waals surface area contributed by atoms with Gasteiger partial charge in [0.05, 0.1) is 12.1 Å². The number of carbonyl (C=O) groups excluding carboxylic acids is 4. The number of carbonyl (C=O) groups is 5. The minimum Gasteiger partial charge on any atom is -0.480 e. The maximum absolute atomic E-state index is 12.6. The molecule has 1 aliphatic heterocycles. The van der Waals surface area contributed by atoms with Crippen molar-refractivity contribution in [2.75, 3.05) is 13.1 Å². The Morgan fingerprint density at radius 1 is 1.25 bits per heavy atom. The SMILES string of the molecule is CC(O)C(NC(=O)C1CCCN1C(=O)C(N)CCC(N)=O)C(=O)NCC(=O)O. The van der Waals surface area contributed by atoms with Crippen LogP contribution in [-0.4, -0.2) is 82.0 Å². The lowest BCUT2D eigenvalue weighted by atomic mass is 10.1. The third-order valence-electron chi connectivity index (χ3n) is 4.33. The quantitative estimate of drug-likeness (QED) is 0.217. The number of hydrogen-bond donors (Lipinski definition) is 6. The van der Waals surface area contributed by atoms with E-state index >= 15 is 0 Å². The van der Waals surface area contributed by atoms with Gasteiger partial charge in [-0.3, -0.25) is 24.0 Å². The Labute approximate surface area is 161 Å². The molecule has 12 nitrogen and oxygen atoms in total. The van der Waals surface area contributed by atoms with Crippen LogP contribution in [0.2, 0.25) is 0 Å². The third kappa shape index (κ3) is 6.78. The van der Waals surface area contributed by atoms with Gasteiger partial charge in [0.25, 0.3) is 0 Å². The van der Waals surface area contributed by atoms with Gasteiger partial charge in [0, 0.05) is 13.0 Å². The van der Waals surface area contributed by atoms with E-state index in [2.05, 4.69) is 10.6 Å². The van der Waals surface area contributed by atoms with Crippen LogP contribution in [0.3, 0.4) is 0 Å². The lowest BCUT2D eigenvalue weighted by molar-refractivity contribution is -0.142. The van der Waals surface area contributed by atoms with Gasteiger partial charge in [0.1, 0.15) is 18.6 Å². The number of carboxylic acid groups (broad SMARTS) is 1. The molecule has 0 aliphatic carbocycles. The number of aliphatic hydroxyl groups is 1. The molecule has 1 fully saturated rings. The standard InChI is InChI=1S/C16H27N5O7/c1-8(22)13(15(27)19-7-12(24)25)20-14(26)10-3-2-6-21(10)16(28)9(17)4-5-11(18)23/h8-10,13,22H,2-7,17H2,1H3,(H2,18,23)(H,19,27)(H,20,26)(H,24,25). The second kappa shape index (κ2) is 10.6. The number of rotatable bonds is 10. The Balaban J connectivity index is 2.76. The van der Waals surface area contributed by atoms with E-state index in [4.69, 9.17) is 16.6 Å². The van der Waals surface area contributed by atoms with Crippen LogP contribution < -0.4 is 22.1 Å². The zero-order valence-electron chi connectivity index (χ0n) is 15.6. The number of aliphatic carboxylic acids is 1. The van der Waals surface area contributed by atoms with Gasteiger partial charge in [-0.1, -0.05) is 0 Å². The monoisotopic (exact) mass is 401 g/mol. The van der Waals surface area contributed by atoms with Crippen molar-refractivity contribution in [2.45, 2.75) is 56.8 Å². The molecule has 0 bridgehead atoms. The molecule has 28 heavy (non-hydrogen) atoms. The lowest BCUT2D eigenvalue weighted by Gasteiger charge is -2.28. The molecule has 1 aliphatic rings. The molecular weight excluding hydrogens is 374 g/mol. The number of amides is 4. The molecule has 1 heterocycles. The van der Waals surface area contributed by atoms with Gasteiger partial charge in [-0.2, -0.15) is 0 Å². The van der Waals surface area contributed by atoms with Gasteiger partial charge in [-0.05, 0) is 26.2 Å². The van der Waals surface area contributed by atoms with Crippen molar-refractivity contribution in [1.82, 2.24) is 15.5 Å². The molecular formula is C16H27N5O7. The number of nitrogens with zero attached hydrogens (tertiary/aromatic N) is 1. The number of primary amides is 1. The molecule has 4 amide bonds. The molecule has 12 heteroatoms. The molecule has 1 saturated heterocycles. The highest BCUT2D eigenvalue weighted by atomic mass is 16.4. The van der Waals surface area contributed by atoms with Crippen molar-refractivity contribution in [1.29, 1.82) is 0 Å². The zero-order valence-corrected chi connectivity index (χ0v) is 15.6. The van der Waals surface area contributed by atoms with Crippen LogP contribution in [0.1, 0.15) is 32.6 Å². The molecule has 0 radical (unpaired) electrons. The molecule has 0 spiro atoms. The summed E-state index contributed by atoms with van der Waals surface area (Å²) in [6.07, 6.45) is -0.431. The van der Waals surface area contributed by atoms with Crippen molar-refractivity contribution >= 4 is 29.6 Å². The Bertz CT molecular complexity index is 625. The number of hydrogen-bond acceptors (Lipinski definition) is 7. The largest absolute Gasteiger partial charge is 0.480 e. The van der Waals surface area contributed by atoms with Crippen LogP contribution in [0.15, 0.2) is 0 Å². The fraction of sp³-hybridized carbons (Fsp3) is 0.688. The van der Waals surface area contributed by atoms with Crippen molar-refractivity contribution in [2.24, 2.45) is 11.5 Å². The molecule has 8 N–H and O–H groups in total. The van der Waals surface area contributed by atoms with Crippen LogP contribution >= 0.6 is 0 Å². The summed E-state index contributed by atoms with van der Waals surface area (Å²) >= 11 is 0. The summed E-state index contributed by atoms with van der Waals surface area (Å²) < 4.78 is 0. The summed E-state index contributed by atoms with van der Waals surface area (Å²) in [4.78, 5) is 59.7. The smallest absolute Gasteiger partial charge is 0.322 e. The average Bonchev–Trinajstić information content (AvgIpc) is 3.10. The summed E-state index contributed by atoms with van der Waals surface area (Å²) in [5.41, 5.74) is 10.8. The molecule has 0 saturated carbocycles. The Kier molecular flexibility index (Phi) is 8.79. The first-order valence-corrected chi connectivity index (χ1v) is 8.87. The van der Waals surface area contributed by atoms with E-state index in [9.17, 15) is 29.1 Å². The van der Waals surface area contributed by atoms with Gasteiger partial charge in [-0.15, -0.1) is 0 Å². The van der Waals surface area contributed by atoms with Crippen LogP contribution in [0.5, 0.6) is 0 Å². The van der Waals surface area contributed by atoms with Crippen LogP contribution in [0.25, 0.3) is 0 Å². The average molecular weight is 401 g/mol. The van der Waals surface area contributed by atoms with Crippen molar-refractivity contribution in [3.63, 3.8) is 0 Å². The minimum atomic E-state index is -1.38. The summed E-state index contributed by atoms with van der Waals surface area (Å²) in [7, 11) is 0. The molecule has 158 valence electrons.